The molecule has 0 radical (unpaired) electrons. The summed E-state index contributed by atoms with van der Waals surface area (Å²) in [6, 6.07) is 17.8. The lowest BCUT2D eigenvalue weighted by molar-refractivity contribution is 0.403. The van der Waals surface area contributed by atoms with Crippen LogP contribution in [0.4, 0.5) is 5.69 Å². The molecule has 1 aliphatic rings. The van der Waals surface area contributed by atoms with Gasteiger partial charge in [0.05, 0.1) is 0 Å². The number of nitrogens with zero attached hydrogens (tertiary/aromatic N) is 1. The average Bonchev–Trinajstić information content (AvgIpc) is 2.91. The van der Waals surface area contributed by atoms with Gasteiger partial charge in [-0.3, -0.25) is 0 Å². The van der Waals surface area contributed by atoms with Crippen LogP contribution in [0, 0.1) is 0 Å². The third kappa shape index (κ3) is 2.84. The largest absolute Gasteiger partial charge is 0.504 e. The molecule has 28 heavy (non-hydrogen) atoms. The van der Waals surface area contributed by atoms with E-state index in [0.29, 0.717) is 0 Å². The molecule has 0 saturated heterocycles. The molecule has 1 aliphatic heterocycles. The summed E-state index contributed by atoms with van der Waals surface area (Å²) in [6.07, 6.45) is 6.11. The number of hydrogen-bond donors (Lipinski definition) is 2. The predicted molar refractivity (Wildman–Crippen MR) is 117 cm³/mol. The van der Waals surface area contributed by atoms with Crippen LogP contribution < -0.4 is 4.90 Å². The standard InChI is InChI=1S/C25H25NO2/c1-4-26-20-14-13-18-9-5-6-10-19(18)24(20)25(2,3)23(26)11-7-8-17-12-15-21(27)22(28)16-17/h5-16,27-28H,4H2,1-3H3/b8-7+,23-11+. The smallest absolute Gasteiger partial charge is 0.157 e. The van der Waals surface area contributed by atoms with Crippen LogP contribution in [-0.2, 0) is 5.41 Å². The van der Waals surface area contributed by atoms with Crippen molar-refractivity contribution in [2.45, 2.75) is 26.2 Å². The summed E-state index contributed by atoms with van der Waals surface area (Å²) < 4.78 is 0. The molecule has 0 bridgehead atoms. The zero-order valence-corrected chi connectivity index (χ0v) is 16.5. The first kappa shape index (κ1) is 18.2. The van der Waals surface area contributed by atoms with Crippen LogP contribution in [0.15, 0.2) is 72.4 Å². The van der Waals surface area contributed by atoms with Gasteiger partial charge in [-0.2, -0.15) is 0 Å². The van der Waals surface area contributed by atoms with Gasteiger partial charge in [0.1, 0.15) is 0 Å². The van der Waals surface area contributed by atoms with Crippen molar-refractivity contribution in [2.75, 3.05) is 11.4 Å². The van der Waals surface area contributed by atoms with Gasteiger partial charge in [-0.15, -0.1) is 0 Å². The molecule has 3 nitrogen and oxygen atoms in total. The van der Waals surface area contributed by atoms with Crippen molar-refractivity contribution in [3.8, 4) is 11.5 Å². The van der Waals surface area contributed by atoms with E-state index in [-0.39, 0.29) is 16.9 Å². The van der Waals surface area contributed by atoms with E-state index in [2.05, 4.69) is 68.1 Å². The molecule has 0 atom stereocenters. The number of likely N-dealkylation sites (N-methyl/N-ethyl adjacent to an activating group) is 1. The minimum Gasteiger partial charge on any atom is -0.504 e. The molecule has 1 heterocycles. The third-order valence-electron chi connectivity index (χ3n) is 5.61. The maximum atomic E-state index is 9.69. The zero-order chi connectivity index (χ0) is 19.9. The number of hydrogen-bond acceptors (Lipinski definition) is 3. The molecule has 0 amide bonds. The summed E-state index contributed by atoms with van der Waals surface area (Å²) in [6.45, 7) is 7.63. The van der Waals surface area contributed by atoms with Gasteiger partial charge < -0.3 is 15.1 Å². The molecule has 0 spiro atoms. The second kappa shape index (κ2) is 6.75. The second-order valence-electron chi connectivity index (χ2n) is 7.71. The van der Waals surface area contributed by atoms with Crippen molar-refractivity contribution in [1.29, 1.82) is 0 Å². The fraction of sp³-hybridized carbons (Fsp3) is 0.200. The highest BCUT2D eigenvalue weighted by Crippen LogP contribution is 2.50. The van der Waals surface area contributed by atoms with Crippen LogP contribution in [0.5, 0.6) is 11.5 Å². The molecule has 0 fully saturated rings. The van der Waals surface area contributed by atoms with Gasteiger partial charge in [-0.1, -0.05) is 62.4 Å². The summed E-state index contributed by atoms with van der Waals surface area (Å²) in [5.41, 5.74) is 4.62. The Bertz CT molecular complexity index is 1110. The SMILES string of the molecule is CCN1/C(=C/C=C/c2ccc(O)c(O)c2)C(C)(C)c2c1ccc1ccccc21. The Labute approximate surface area is 165 Å². The minimum atomic E-state index is -0.117. The van der Waals surface area contributed by atoms with Gasteiger partial charge in [-0.25, -0.2) is 0 Å². The van der Waals surface area contributed by atoms with Gasteiger partial charge >= 0.3 is 0 Å². The van der Waals surface area contributed by atoms with E-state index < -0.39 is 0 Å². The number of phenols is 2. The van der Waals surface area contributed by atoms with Crippen molar-refractivity contribution >= 4 is 22.5 Å². The van der Waals surface area contributed by atoms with Gasteiger partial charge in [0.25, 0.3) is 0 Å². The van der Waals surface area contributed by atoms with E-state index in [0.717, 1.165) is 12.1 Å². The summed E-state index contributed by atoms with van der Waals surface area (Å²) in [5.74, 6) is -0.211. The van der Waals surface area contributed by atoms with E-state index >= 15 is 0 Å². The number of anilines is 1. The highest BCUT2D eigenvalue weighted by molar-refractivity contribution is 5.94. The van der Waals surface area contributed by atoms with Crippen molar-refractivity contribution in [2.24, 2.45) is 0 Å². The lowest BCUT2D eigenvalue weighted by atomic mass is 9.81. The highest BCUT2D eigenvalue weighted by Gasteiger charge is 2.40. The molecule has 0 saturated carbocycles. The number of aromatic hydroxyl groups is 2. The van der Waals surface area contributed by atoms with Crippen molar-refractivity contribution in [1.82, 2.24) is 0 Å². The van der Waals surface area contributed by atoms with E-state index in [4.69, 9.17) is 0 Å². The Balaban J connectivity index is 1.78. The molecule has 4 rings (SSSR count). The maximum absolute atomic E-state index is 9.69. The molecule has 2 N–H and O–H groups in total. The van der Waals surface area contributed by atoms with Crippen LogP contribution in [-0.4, -0.2) is 16.8 Å². The summed E-state index contributed by atoms with van der Waals surface area (Å²) in [4.78, 5) is 2.38. The Hall–Kier alpha value is -3.20. The molecule has 0 aromatic heterocycles. The Kier molecular flexibility index (Phi) is 4.38. The molecule has 0 aliphatic carbocycles. The normalized spacial score (nSPS) is 17.0. The summed E-state index contributed by atoms with van der Waals surface area (Å²) in [7, 11) is 0. The zero-order valence-electron chi connectivity index (χ0n) is 16.5. The van der Waals surface area contributed by atoms with E-state index in [1.54, 1.807) is 12.1 Å². The van der Waals surface area contributed by atoms with E-state index in [1.807, 2.05) is 12.2 Å². The number of rotatable bonds is 3. The fourth-order valence-corrected chi connectivity index (χ4v) is 4.27. The molecule has 3 aromatic rings. The summed E-state index contributed by atoms with van der Waals surface area (Å²) in [5, 5.41) is 21.7. The van der Waals surface area contributed by atoms with Gasteiger partial charge in [-0.05, 0) is 53.1 Å². The molecular formula is C25H25NO2. The number of benzene rings is 3. The summed E-state index contributed by atoms with van der Waals surface area (Å²) >= 11 is 0. The molecule has 0 unspecified atom stereocenters. The molecular weight excluding hydrogens is 346 g/mol. The molecule has 3 heteroatoms. The molecule has 3 aromatic carbocycles. The topological polar surface area (TPSA) is 43.7 Å². The number of fused-ring (bicyclic) bond motifs is 3. The van der Waals surface area contributed by atoms with Crippen molar-refractivity contribution < 1.29 is 10.2 Å². The van der Waals surface area contributed by atoms with Crippen LogP contribution >= 0.6 is 0 Å². The fourth-order valence-electron chi connectivity index (χ4n) is 4.27. The van der Waals surface area contributed by atoms with Crippen LogP contribution in [0.25, 0.3) is 16.8 Å². The monoisotopic (exact) mass is 371 g/mol. The third-order valence-corrected chi connectivity index (χ3v) is 5.61. The van der Waals surface area contributed by atoms with Gasteiger partial charge in [0.15, 0.2) is 11.5 Å². The quantitative estimate of drug-likeness (QED) is 0.558. The number of allylic oxidation sites excluding steroid dienone is 3. The minimum absolute atomic E-state index is 0.105. The second-order valence-corrected chi connectivity index (χ2v) is 7.71. The van der Waals surface area contributed by atoms with Crippen molar-refractivity contribution in [3.05, 3.63) is 83.6 Å². The molecule has 142 valence electrons. The van der Waals surface area contributed by atoms with Crippen molar-refractivity contribution in [3.63, 3.8) is 0 Å². The van der Waals surface area contributed by atoms with E-state index in [1.165, 1.54) is 33.8 Å². The van der Waals surface area contributed by atoms with Crippen LogP contribution in [0.3, 0.4) is 0 Å². The van der Waals surface area contributed by atoms with E-state index in [9.17, 15) is 10.2 Å². The Morgan fingerprint density at radius 3 is 2.50 bits per heavy atom. The number of phenolic OH excluding ortho intramolecular Hbond substituents is 2. The highest BCUT2D eigenvalue weighted by atomic mass is 16.3. The average molecular weight is 371 g/mol. The lowest BCUT2D eigenvalue weighted by Gasteiger charge is -2.26. The predicted octanol–water partition coefficient (Wildman–Crippen LogP) is 5.97. The Morgan fingerprint density at radius 1 is 0.964 bits per heavy atom. The lowest BCUT2D eigenvalue weighted by Crippen LogP contribution is -2.25. The Morgan fingerprint density at radius 2 is 1.75 bits per heavy atom. The van der Waals surface area contributed by atoms with Gasteiger partial charge in [0, 0.05) is 23.3 Å². The maximum Gasteiger partial charge on any atom is 0.157 e. The first-order valence-corrected chi connectivity index (χ1v) is 9.64. The van der Waals surface area contributed by atoms with Crippen LogP contribution in [0.1, 0.15) is 31.9 Å². The van der Waals surface area contributed by atoms with Crippen LogP contribution in [0.2, 0.25) is 0 Å². The first-order chi connectivity index (χ1) is 13.4. The first-order valence-electron chi connectivity index (χ1n) is 9.64. The van der Waals surface area contributed by atoms with Gasteiger partial charge in [0.2, 0.25) is 0 Å².